The number of carbonyl (C=O) groups is 3. The summed E-state index contributed by atoms with van der Waals surface area (Å²) in [6.07, 6.45) is 4.55. The fraction of sp³-hybridized carbons (Fsp3) is 0.520. The van der Waals surface area contributed by atoms with Gasteiger partial charge in [0.25, 0.3) is 5.91 Å². The van der Waals surface area contributed by atoms with Gasteiger partial charge in [0.15, 0.2) is 0 Å². The molecule has 1 aromatic heterocycles. The van der Waals surface area contributed by atoms with E-state index in [2.05, 4.69) is 34.9 Å². The Morgan fingerprint density at radius 2 is 1.94 bits per heavy atom. The predicted molar refractivity (Wildman–Crippen MR) is 126 cm³/mol. The summed E-state index contributed by atoms with van der Waals surface area (Å²) in [7, 11) is 1.69. The first-order chi connectivity index (χ1) is 16.2. The van der Waals surface area contributed by atoms with Gasteiger partial charge in [0.2, 0.25) is 11.8 Å². The maximum atomic E-state index is 13.4. The molecule has 0 radical (unpaired) electrons. The minimum absolute atomic E-state index is 0.00714. The molecule has 5 rings (SSSR count). The average molecular weight is 466 g/mol. The molecule has 1 unspecified atom stereocenters. The van der Waals surface area contributed by atoms with Gasteiger partial charge < -0.3 is 20.7 Å². The average Bonchev–Trinajstić information content (AvgIpc) is 3.32. The van der Waals surface area contributed by atoms with Crippen LogP contribution in [-0.2, 0) is 26.8 Å². The Labute approximate surface area is 198 Å². The number of carbonyl (C=O) groups excluding carboxylic acids is 3. The molecule has 1 atom stereocenters. The Morgan fingerprint density at radius 1 is 1.21 bits per heavy atom. The normalized spacial score (nSPS) is 21.3. The first-order valence-corrected chi connectivity index (χ1v) is 11.8. The first kappa shape index (κ1) is 22.6. The molecule has 3 heterocycles. The summed E-state index contributed by atoms with van der Waals surface area (Å²) in [5, 5.41) is 12.9. The molecule has 0 bridgehead atoms. The maximum absolute atomic E-state index is 13.4. The second-order valence-electron chi connectivity index (χ2n) is 10.5. The zero-order valence-corrected chi connectivity index (χ0v) is 19.8. The molecule has 3 N–H and O–H groups in total. The molecule has 9 nitrogen and oxygen atoms in total. The number of nitrogens with zero attached hydrogens (tertiary/aromatic N) is 2. The number of nitrogens with one attached hydrogen (secondary N) is 3. The highest BCUT2D eigenvalue weighted by atomic mass is 16.5. The van der Waals surface area contributed by atoms with Crippen LogP contribution in [0.4, 0.5) is 11.4 Å². The van der Waals surface area contributed by atoms with E-state index in [0.717, 1.165) is 24.1 Å². The zero-order valence-electron chi connectivity index (χ0n) is 19.8. The van der Waals surface area contributed by atoms with Crippen molar-refractivity contribution in [2.24, 2.45) is 18.4 Å². The minimum atomic E-state index is -0.667. The third kappa shape index (κ3) is 3.87. The van der Waals surface area contributed by atoms with Crippen molar-refractivity contribution in [2.75, 3.05) is 23.8 Å². The Morgan fingerprint density at radius 3 is 2.59 bits per heavy atom. The lowest BCUT2D eigenvalue weighted by Gasteiger charge is -2.46. The lowest BCUT2D eigenvalue weighted by Crippen LogP contribution is -2.54. The van der Waals surface area contributed by atoms with Crippen LogP contribution in [0.25, 0.3) is 0 Å². The van der Waals surface area contributed by atoms with E-state index in [1.165, 1.54) is 4.68 Å². The maximum Gasteiger partial charge on any atom is 0.270 e. The van der Waals surface area contributed by atoms with Crippen LogP contribution in [-0.4, -0.2) is 46.8 Å². The van der Waals surface area contributed by atoms with E-state index < -0.39 is 11.5 Å². The minimum Gasteiger partial charge on any atom is -0.381 e. The van der Waals surface area contributed by atoms with Gasteiger partial charge in [-0.05, 0) is 60.8 Å². The molecule has 34 heavy (non-hydrogen) atoms. The third-order valence-electron chi connectivity index (χ3n) is 7.56. The number of benzene rings is 1. The molecule has 1 aliphatic carbocycles. The summed E-state index contributed by atoms with van der Waals surface area (Å²) < 4.78 is 6.95. The largest absolute Gasteiger partial charge is 0.381 e. The number of rotatable bonds is 5. The SMILES string of the molecule is Cn1nccc1C(=O)NC(C(=O)Nc1ccc2c(c1)NC(=O)C21CCOCC1)C1CC(C)(C)C1. The lowest BCUT2D eigenvalue weighted by atomic mass is 9.62. The smallest absolute Gasteiger partial charge is 0.270 e. The van der Waals surface area contributed by atoms with E-state index in [1.807, 2.05) is 12.1 Å². The second-order valence-corrected chi connectivity index (χ2v) is 10.5. The molecule has 3 amide bonds. The van der Waals surface area contributed by atoms with Gasteiger partial charge in [0.1, 0.15) is 11.7 Å². The molecular weight excluding hydrogens is 434 g/mol. The van der Waals surface area contributed by atoms with Crippen molar-refractivity contribution in [1.29, 1.82) is 0 Å². The Kier molecular flexibility index (Phi) is 5.47. The van der Waals surface area contributed by atoms with Gasteiger partial charge in [0.05, 0.1) is 5.41 Å². The van der Waals surface area contributed by atoms with Gasteiger partial charge in [-0.2, -0.15) is 5.10 Å². The van der Waals surface area contributed by atoms with Crippen molar-refractivity contribution < 1.29 is 19.1 Å². The summed E-state index contributed by atoms with van der Waals surface area (Å²) in [4.78, 5) is 39.0. The number of hydrogen-bond donors (Lipinski definition) is 3. The van der Waals surface area contributed by atoms with Crippen LogP contribution in [0, 0.1) is 11.3 Å². The summed E-state index contributed by atoms with van der Waals surface area (Å²) >= 11 is 0. The summed E-state index contributed by atoms with van der Waals surface area (Å²) in [5.41, 5.74) is 2.28. The van der Waals surface area contributed by atoms with Crippen LogP contribution in [0.2, 0.25) is 0 Å². The van der Waals surface area contributed by atoms with E-state index in [1.54, 1.807) is 25.4 Å². The Hall–Kier alpha value is -3.20. The van der Waals surface area contributed by atoms with Gasteiger partial charge in [-0.1, -0.05) is 19.9 Å². The predicted octanol–water partition coefficient (Wildman–Crippen LogP) is 2.59. The zero-order chi connectivity index (χ0) is 24.1. The van der Waals surface area contributed by atoms with Gasteiger partial charge in [-0.25, -0.2) is 0 Å². The molecule has 1 saturated carbocycles. The standard InChI is InChI=1S/C25H31N5O4/c1-24(2)13-15(14-24)20(29-21(31)19-6-9-26-30(19)3)22(32)27-16-4-5-17-18(12-16)28-23(33)25(17)7-10-34-11-8-25/h4-6,9,12,15,20H,7-8,10-11,13-14H2,1-3H3,(H,27,32)(H,28,33)(H,29,31). The number of aromatic nitrogens is 2. The topological polar surface area (TPSA) is 114 Å². The monoisotopic (exact) mass is 465 g/mol. The molecule has 1 aromatic carbocycles. The summed E-state index contributed by atoms with van der Waals surface area (Å²) in [6, 6.07) is 6.52. The Balaban J connectivity index is 1.34. The highest BCUT2D eigenvalue weighted by Crippen LogP contribution is 2.47. The first-order valence-electron chi connectivity index (χ1n) is 11.8. The quantitative estimate of drug-likeness (QED) is 0.628. The summed E-state index contributed by atoms with van der Waals surface area (Å²) in [5.74, 6) is -0.548. The van der Waals surface area contributed by atoms with Crippen LogP contribution in [0.1, 0.15) is 55.6 Å². The van der Waals surface area contributed by atoms with Gasteiger partial charge in [0, 0.05) is 37.8 Å². The molecule has 1 saturated heterocycles. The lowest BCUT2D eigenvalue weighted by molar-refractivity contribution is -0.124. The van der Waals surface area contributed by atoms with Crippen molar-refractivity contribution in [2.45, 2.75) is 51.0 Å². The molecule has 2 aromatic rings. The van der Waals surface area contributed by atoms with Crippen LogP contribution in [0.3, 0.4) is 0 Å². The molecule has 2 aliphatic heterocycles. The van der Waals surface area contributed by atoms with Crippen molar-refractivity contribution in [3.05, 3.63) is 41.7 Å². The van der Waals surface area contributed by atoms with Gasteiger partial charge >= 0.3 is 0 Å². The van der Waals surface area contributed by atoms with Crippen molar-refractivity contribution >= 4 is 29.1 Å². The van der Waals surface area contributed by atoms with E-state index in [4.69, 9.17) is 4.74 Å². The number of fused-ring (bicyclic) bond motifs is 2. The van der Waals surface area contributed by atoms with E-state index in [-0.39, 0.29) is 29.1 Å². The van der Waals surface area contributed by atoms with Crippen LogP contribution >= 0.6 is 0 Å². The third-order valence-corrected chi connectivity index (χ3v) is 7.56. The van der Waals surface area contributed by atoms with E-state index in [9.17, 15) is 14.4 Å². The molecule has 9 heteroatoms. The molecule has 1 spiro atoms. The van der Waals surface area contributed by atoms with Gasteiger partial charge in [-0.15, -0.1) is 0 Å². The molecule has 180 valence electrons. The van der Waals surface area contributed by atoms with E-state index >= 15 is 0 Å². The molecule has 3 aliphatic rings. The summed E-state index contributed by atoms with van der Waals surface area (Å²) in [6.45, 7) is 5.44. The van der Waals surface area contributed by atoms with Crippen molar-refractivity contribution in [3.8, 4) is 0 Å². The van der Waals surface area contributed by atoms with Crippen LogP contribution < -0.4 is 16.0 Å². The molecular formula is C25H31N5O4. The Bertz CT molecular complexity index is 1140. The fourth-order valence-electron chi connectivity index (χ4n) is 5.75. The van der Waals surface area contributed by atoms with Crippen LogP contribution in [0.5, 0.6) is 0 Å². The second kappa shape index (κ2) is 8.23. The number of aryl methyl sites for hydroxylation is 1. The number of hydrogen-bond acceptors (Lipinski definition) is 5. The number of ether oxygens (including phenoxy) is 1. The van der Waals surface area contributed by atoms with Gasteiger partial charge in [-0.3, -0.25) is 19.1 Å². The van der Waals surface area contributed by atoms with Crippen LogP contribution in [0.15, 0.2) is 30.5 Å². The molecule has 2 fully saturated rings. The number of amides is 3. The van der Waals surface area contributed by atoms with Crippen molar-refractivity contribution in [1.82, 2.24) is 15.1 Å². The van der Waals surface area contributed by atoms with Crippen molar-refractivity contribution in [3.63, 3.8) is 0 Å². The fourth-order valence-corrected chi connectivity index (χ4v) is 5.75. The number of anilines is 2. The highest BCUT2D eigenvalue weighted by Gasteiger charge is 2.48. The highest BCUT2D eigenvalue weighted by molar-refractivity contribution is 6.07. The van der Waals surface area contributed by atoms with E-state index in [0.29, 0.717) is 37.4 Å².